The maximum atomic E-state index is 12.5. The lowest BCUT2D eigenvalue weighted by molar-refractivity contribution is -0.133. The van der Waals surface area contributed by atoms with Crippen molar-refractivity contribution in [2.75, 3.05) is 11.9 Å². The highest BCUT2D eigenvalue weighted by Crippen LogP contribution is 2.31. The topological polar surface area (TPSA) is 62.3 Å². The number of thiazole rings is 1. The number of carbonyl (C=O) groups is 2. The van der Waals surface area contributed by atoms with E-state index in [-0.39, 0.29) is 11.8 Å². The second kappa shape index (κ2) is 7.25. The number of hydrogen-bond acceptors (Lipinski definition) is 5. The third-order valence-corrected chi connectivity index (χ3v) is 6.71. The smallest absolute Gasteiger partial charge is 0.258 e. The van der Waals surface area contributed by atoms with Gasteiger partial charge in [-0.15, -0.1) is 0 Å². The molecule has 1 saturated carbocycles. The summed E-state index contributed by atoms with van der Waals surface area (Å²) in [5.41, 5.74) is 1.68. The van der Waals surface area contributed by atoms with Crippen LogP contribution in [0, 0.1) is 5.92 Å². The van der Waals surface area contributed by atoms with Crippen LogP contribution in [0.25, 0.3) is 0 Å². The molecule has 0 bridgehead atoms. The number of amides is 2. The first-order valence-electron chi connectivity index (χ1n) is 8.79. The second-order valence-electron chi connectivity index (χ2n) is 6.77. The summed E-state index contributed by atoms with van der Waals surface area (Å²) in [7, 11) is 0. The molecule has 2 aromatic heterocycles. The van der Waals surface area contributed by atoms with Gasteiger partial charge in [0.15, 0.2) is 5.13 Å². The molecule has 25 heavy (non-hydrogen) atoms. The van der Waals surface area contributed by atoms with E-state index in [1.807, 2.05) is 15.7 Å². The Balaban J connectivity index is 1.38. The summed E-state index contributed by atoms with van der Waals surface area (Å²) in [5, 5.41) is 7.22. The van der Waals surface area contributed by atoms with Crippen molar-refractivity contribution in [2.45, 2.75) is 45.1 Å². The van der Waals surface area contributed by atoms with Crippen molar-refractivity contribution in [1.29, 1.82) is 0 Å². The van der Waals surface area contributed by atoms with Gasteiger partial charge < -0.3 is 4.90 Å². The van der Waals surface area contributed by atoms with E-state index in [1.165, 1.54) is 48.4 Å². The van der Waals surface area contributed by atoms with Crippen molar-refractivity contribution < 1.29 is 9.59 Å². The predicted octanol–water partition coefficient (Wildman–Crippen LogP) is 3.92. The summed E-state index contributed by atoms with van der Waals surface area (Å²) in [5.74, 6) is 0.729. The van der Waals surface area contributed by atoms with E-state index in [9.17, 15) is 9.59 Å². The van der Waals surface area contributed by atoms with Crippen LogP contribution in [0.5, 0.6) is 0 Å². The molecule has 3 heterocycles. The van der Waals surface area contributed by atoms with Gasteiger partial charge in [-0.25, -0.2) is 4.98 Å². The Labute approximate surface area is 155 Å². The molecule has 7 heteroatoms. The maximum absolute atomic E-state index is 12.5. The average molecular weight is 376 g/mol. The number of rotatable bonds is 4. The summed E-state index contributed by atoms with van der Waals surface area (Å²) < 4.78 is 0. The Bertz CT molecular complexity index is 763. The van der Waals surface area contributed by atoms with Crippen molar-refractivity contribution in [3.05, 3.63) is 33.0 Å². The SMILES string of the molecule is O=C(Nc1nc2c(s1)CN(C(=O)CC1CCCC1)CC2)c1ccsc1. The zero-order valence-corrected chi connectivity index (χ0v) is 15.6. The fourth-order valence-electron chi connectivity index (χ4n) is 3.62. The number of fused-ring (bicyclic) bond motifs is 1. The Kier molecular flexibility index (Phi) is 4.85. The van der Waals surface area contributed by atoms with E-state index in [0.717, 1.165) is 23.5 Å². The molecule has 1 aliphatic heterocycles. The Morgan fingerprint density at radius 1 is 1.32 bits per heavy atom. The third-order valence-electron chi connectivity index (χ3n) is 5.03. The highest BCUT2D eigenvalue weighted by Gasteiger charge is 2.27. The van der Waals surface area contributed by atoms with E-state index in [4.69, 9.17) is 0 Å². The summed E-state index contributed by atoms with van der Waals surface area (Å²) in [6.07, 6.45) is 6.40. The van der Waals surface area contributed by atoms with Crippen LogP contribution in [-0.2, 0) is 17.8 Å². The van der Waals surface area contributed by atoms with Crippen molar-refractivity contribution >= 4 is 39.6 Å². The molecule has 0 atom stereocenters. The number of carbonyl (C=O) groups excluding carboxylic acids is 2. The highest BCUT2D eigenvalue weighted by molar-refractivity contribution is 7.16. The molecule has 0 radical (unpaired) electrons. The number of hydrogen-bond donors (Lipinski definition) is 1. The normalized spacial score (nSPS) is 17.5. The first-order chi connectivity index (χ1) is 12.2. The first kappa shape index (κ1) is 16.7. The van der Waals surface area contributed by atoms with Crippen molar-refractivity contribution in [3.63, 3.8) is 0 Å². The molecule has 4 rings (SSSR count). The lowest BCUT2D eigenvalue weighted by atomic mass is 10.0. The van der Waals surface area contributed by atoms with E-state index in [0.29, 0.717) is 29.6 Å². The number of nitrogens with one attached hydrogen (secondary N) is 1. The quantitative estimate of drug-likeness (QED) is 0.881. The Hall–Kier alpha value is -1.73. The molecule has 2 amide bonds. The summed E-state index contributed by atoms with van der Waals surface area (Å²) >= 11 is 2.99. The van der Waals surface area contributed by atoms with E-state index in [1.54, 1.807) is 6.07 Å². The molecule has 0 unspecified atom stereocenters. The molecule has 1 aliphatic carbocycles. The summed E-state index contributed by atoms with van der Waals surface area (Å²) in [6, 6.07) is 1.80. The lowest BCUT2D eigenvalue weighted by Gasteiger charge is -2.27. The first-order valence-corrected chi connectivity index (χ1v) is 10.5. The largest absolute Gasteiger partial charge is 0.337 e. The Morgan fingerprint density at radius 2 is 2.16 bits per heavy atom. The highest BCUT2D eigenvalue weighted by atomic mass is 32.1. The van der Waals surface area contributed by atoms with E-state index >= 15 is 0 Å². The van der Waals surface area contributed by atoms with Gasteiger partial charge in [-0.05, 0) is 30.2 Å². The lowest BCUT2D eigenvalue weighted by Crippen LogP contribution is -2.36. The monoisotopic (exact) mass is 375 g/mol. The van der Waals surface area contributed by atoms with Gasteiger partial charge >= 0.3 is 0 Å². The van der Waals surface area contributed by atoms with Crippen LogP contribution in [0.1, 0.15) is 53.0 Å². The van der Waals surface area contributed by atoms with E-state index < -0.39 is 0 Å². The minimum absolute atomic E-state index is 0.124. The van der Waals surface area contributed by atoms with Gasteiger partial charge in [0.05, 0.1) is 17.8 Å². The Morgan fingerprint density at radius 3 is 2.92 bits per heavy atom. The van der Waals surface area contributed by atoms with E-state index in [2.05, 4.69) is 10.3 Å². The van der Waals surface area contributed by atoms with Gasteiger partial charge in [0, 0.05) is 29.6 Å². The van der Waals surface area contributed by atoms with Crippen LogP contribution in [0.15, 0.2) is 16.8 Å². The molecule has 2 aliphatic rings. The van der Waals surface area contributed by atoms with Crippen molar-refractivity contribution in [2.24, 2.45) is 5.92 Å². The standard InChI is InChI=1S/C18H21N3O2S2/c22-16(9-12-3-1-2-4-12)21-7-5-14-15(10-21)25-18(19-14)20-17(23)13-6-8-24-11-13/h6,8,11-12H,1-5,7,9-10H2,(H,19,20,23). The molecule has 0 saturated heterocycles. The number of aromatic nitrogens is 1. The average Bonchev–Trinajstić information content (AvgIpc) is 3.35. The summed E-state index contributed by atoms with van der Waals surface area (Å²) in [6.45, 7) is 1.37. The second-order valence-corrected chi connectivity index (χ2v) is 8.64. The van der Waals surface area contributed by atoms with Crippen LogP contribution in [0.2, 0.25) is 0 Å². The van der Waals surface area contributed by atoms with Gasteiger partial charge in [0.1, 0.15) is 0 Å². The zero-order chi connectivity index (χ0) is 17.2. The minimum Gasteiger partial charge on any atom is -0.337 e. The summed E-state index contributed by atoms with van der Waals surface area (Å²) in [4.78, 5) is 32.3. The molecule has 1 fully saturated rings. The van der Waals surface area contributed by atoms with Crippen LogP contribution in [0.4, 0.5) is 5.13 Å². The maximum Gasteiger partial charge on any atom is 0.258 e. The van der Waals surface area contributed by atoms with Crippen LogP contribution in [-0.4, -0.2) is 28.2 Å². The molecule has 1 N–H and O–H groups in total. The zero-order valence-electron chi connectivity index (χ0n) is 14.0. The molecule has 5 nitrogen and oxygen atoms in total. The van der Waals surface area contributed by atoms with Gasteiger partial charge in [-0.2, -0.15) is 11.3 Å². The molecular formula is C18H21N3O2S2. The van der Waals surface area contributed by atoms with Crippen molar-refractivity contribution in [3.8, 4) is 0 Å². The number of thiophene rings is 1. The minimum atomic E-state index is -0.124. The number of nitrogens with zero attached hydrogens (tertiary/aromatic N) is 2. The molecule has 0 spiro atoms. The third kappa shape index (κ3) is 3.77. The van der Waals surface area contributed by atoms with Gasteiger partial charge in [0.25, 0.3) is 5.91 Å². The van der Waals surface area contributed by atoms with Crippen LogP contribution in [0.3, 0.4) is 0 Å². The molecule has 0 aromatic carbocycles. The fraction of sp³-hybridized carbons (Fsp3) is 0.500. The molecule has 132 valence electrons. The van der Waals surface area contributed by atoms with Crippen LogP contribution >= 0.6 is 22.7 Å². The predicted molar refractivity (Wildman–Crippen MR) is 100 cm³/mol. The van der Waals surface area contributed by atoms with Gasteiger partial charge in [-0.3, -0.25) is 14.9 Å². The van der Waals surface area contributed by atoms with Crippen molar-refractivity contribution in [1.82, 2.24) is 9.88 Å². The van der Waals surface area contributed by atoms with Crippen LogP contribution < -0.4 is 5.32 Å². The molecular weight excluding hydrogens is 354 g/mol. The van der Waals surface area contributed by atoms with Gasteiger partial charge in [0.2, 0.25) is 5.91 Å². The fourth-order valence-corrected chi connectivity index (χ4v) is 5.27. The number of anilines is 1. The molecule has 2 aromatic rings. The van der Waals surface area contributed by atoms with Gasteiger partial charge in [-0.1, -0.05) is 24.2 Å².